The molecule has 0 radical (unpaired) electrons. The molecule has 0 unspecified atom stereocenters. The number of rotatable bonds is 3. The predicted octanol–water partition coefficient (Wildman–Crippen LogP) is 3.59. The summed E-state index contributed by atoms with van der Waals surface area (Å²) in [6.07, 6.45) is -2.04. The summed E-state index contributed by atoms with van der Waals surface area (Å²) in [7, 11) is 0. The van der Waals surface area contributed by atoms with Crippen LogP contribution in [0.15, 0.2) is 18.2 Å². The molecular formula is C15H18F3NO. The normalized spacial score (nSPS) is 17.2. The molecule has 1 saturated heterocycles. The van der Waals surface area contributed by atoms with Gasteiger partial charge in [0.2, 0.25) is 0 Å². The van der Waals surface area contributed by atoms with E-state index in [9.17, 15) is 18.0 Å². The lowest BCUT2D eigenvalue weighted by atomic mass is 9.89. The topological polar surface area (TPSA) is 29.1 Å². The van der Waals surface area contributed by atoms with Gasteiger partial charge in [0.05, 0.1) is 5.56 Å². The van der Waals surface area contributed by atoms with E-state index in [1.165, 1.54) is 6.07 Å². The average Bonchev–Trinajstić information content (AvgIpc) is 2.38. The molecule has 0 saturated carbocycles. The summed E-state index contributed by atoms with van der Waals surface area (Å²) in [6.45, 7) is 3.37. The molecule has 1 aliphatic rings. The van der Waals surface area contributed by atoms with Gasteiger partial charge in [0, 0.05) is 12.0 Å². The molecule has 2 rings (SSSR count). The number of carbonyl (C=O) groups excluding carboxylic acids is 1. The molecule has 0 atom stereocenters. The largest absolute Gasteiger partial charge is 0.416 e. The molecule has 0 bridgehead atoms. The zero-order valence-electron chi connectivity index (χ0n) is 11.4. The van der Waals surface area contributed by atoms with E-state index in [1.54, 1.807) is 6.92 Å². The fourth-order valence-electron chi connectivity index (χ4n) is 2.61. The van der Waals surface area contributed by atoms with Crippen LogP contribution in [0.5, 0.6) is 0 Å². The standard InChI is InChI=1S/C15H18F3NO/c1-10-8-12(15(16,17)18)2-3-13(10)14(20)9-11-4-6-19-7-5-11/h2-3,8,11,19H,4-7,9H2,1H3. The molecule has 1 aromatic carbocycles. The lowest BCUT2D eigenvalue weighted by Crippen LogP contribution is -2.29. The molecule has 1 fully saturated rings. The smallest absolute Gasteiger partial charge is 0.317 e. The van der Waals surface area contributed by atoms with E-state index in [4.69, 9.17) is 0 Å². The number of halogens is 3. The zero-order valence-corrected chi connectivity index (χ0v) is 11.4. The lowest BCUT2D eigenvalue weighted by molar-refractivity contribution is -0.137. The van der Waals surface area contributed by atoms with E-state index < -0.39 is 11.7 Å². The van der Waals surface area contributed by atoms with Crippen LogP contribution in [0.2, 0.25) is 0 Å². The minimum absolute atomic E-state index is 0.0527. The monoisotopic (exact) mass is 285 g/mol. The highest BCUT2D eigenvalue weighted by Crippen LogP contribution is 2.31. The molecule has 0 amide bonds. The van der Waals surface area contributed by atoms with Crippen LogP contribution in [-0.4, -0.2) is 18.9 Å². The second kappa shape index (κ2) is 5.95. The van der Waals surface area contributed by atoms with Gasteiger partial charge in [-0.1, -0.05) is 6.07 Å². The molecule has 1 aliphatic heterocycles. The van der Waals surface area contributed by atoms with Crippen molar-refractivity contribution in [3.63, 3.8) is 0 Å². The number of carbonyl (C=O) groups is 1. The van der Waals surface area contributed by atoms with Gasteiger partial charge in [-0.3, -0.25) is 4.79 Å². The first-order chi connectivity index (χ1) is 9.38. The number of hydrogen-bond acceptors (Lipinski definition) is 2. The molecule has 0 aromatic heterocycles. The first-order valence-electron chi connectivity index (χ1n) is 6.79. The van der Waals surface area contributed by atoms with Crippen LogP contribution in [0.4, 0.5) is 13.2 Å². The van der Waals surface area contributed by atoms with Gasteiger partial charge < -0.3 is 5.32 Å². The van der Waals surface area contributed by atoms with Crippen molar-refractivity contribution in [1.82, 2.24) is 5.32 Å². The van der Waals surface area contributed by atoms with E-state index in [1.807, 2.05) is 0 Å². The third-order valence-corrected chi connectivity index (χ3v) is 3.79. The summed E-state index contributed by atoms with van der Waals surface area (Å²) in [5.41, 5.74) is 0.115. The molecule has 0 aliphatic carbocycles. The zero-order chi connectivity index (χ0) is 14.8. The molecule has 0 spiro atoms. The van der Waals surface area contributed by atoms with Crippen molar-refractivity contribution in [2.75, 3.05) is 13.1 Å². The van der Waals surface area contributed by atoms with Crippen molar-refractivity contribution < 1.29 is 18.0 Å². The van der Waals surface area contributed by atoms with E-state index >= 15 is 0 Å². The highest BCUT2D eigenvalue weighted by Gasteiger charge is 2.31. The maximum atomic E-state index is 12.6. The predicted molar refractivity (Wildman–Crippen MR) is 70.7 cm³/mol. The number of ketones is 1. The van der Waals surface area contributed by atoms with Crippen LogP contribution < -0.4 is 5.32 Å². The van der Waals surface area contributed by atoms with Gasteiger partial charge in [-0.05, 0) is 56.5 Å². The number of nitrogens with one attached hydrogen (secondary N) is 1. The third kappa shape index (κ3) is 3.60. The number of alkyl halides is 3. The van der Waals surface area contributed by atoms with Gasteiger partial charge in [0.1, 0.15) is 0 Å². The molecule has 5 heteroatoms. The van der Waals surface area contributed by atoms with Crippen molar-refractivity contribution in [3.05, 3.63) is 34.9 Å². The Morgan fingerprint density at radius 3 is 2.50 bits per heavy atom. The lowest BCUT2D eigenvalue weighted by Gasteiger charge is -2.22. The van der Waals surface area contributed by atoms with Gasteiger partial charge in [0.25, 0.3) is 0 Å². The van der Waals surface area contributed by atoms with Crippen LogP contribution in [0.3, 0.4) is 0 Å². The summed E-state index contributed by atoms with van der Waals surface area (Å²) < 4.78 is 37.7. The number of benzene rings is 1. The maximum Gasteiger partial charge on any atom is 0.416 e. The molecule has 2 nitrogen and oxygen atoms in total. The number of piperidine rings is 1. The number of hydrogen-bond donors (Lipinski definition) is 1. The second-order valence-electron chi connectivity index (χ2n) is 5.35. The van der Waals surface area contributed by atoms with Crippen molar-refractivity contribution in [2.24, 2.45) is 5.92 Å². The van der Waals surface area contributed by atoms with E-state index in [-0.39, 0.29) is 5.78 Å². The Bertz CT molecular complexity index is 490. The van der Waals surface area contributed by atoms with Crippen molar-refractivity contribution in [3.8, 4) is 0 Å². The Kier molecular flexibility index (Phi) is 4.48. The Balaban J connectivity index is 2.10. The van der Waals surface area contributed by atoms with Gasteiger partial charge in [-0.15, -0.1) is 0 Å². The highest BCUT2D eigenvalue weighted by atomic mass is 19.4. The van der Waals surface area contributed by atoms with Gasteiger partial charge in [0.15, 0.2) is 5.78 Å². The van der Waals surface area contributed by atoms with Crippen molar-refractivity contribution in [2.45, 2.75) is 32.4 Å². The van der Waals surface area contributed by atoms with Crippen LogP contribution in [0, 0.1) is 12.8 Å². The Labute approximate surface area is 116 Å². The van der Waals surface area contributed by atoms with E-state index in [0.29, 0.717) is 23.5 Å². The maximum absolute atomic E-state index is 12.6. The fraction of sp³-hybridized carbons (Fsp3) is 0.533. The van der Waals surface area contributed by atoms with Crippen LogP contribution in [0.1, 0.15) is 40.7 Å². The first-order valence-corrected chi connectivity index (χ1v) is 6.79. The second-order valence-corrected chi connectivity index (χ2v) is 5.35. The quantitative estimate of drug-likeness (QED) is 0.860. The molecule has 20 heavy (non-hydrogen) atoms. The summed E-state index contributed by atoms with van der Waals surface area (Å²) >= 11 is 0. The Hall–Kier alpha value is -1.36. The van der Waals surface area contributed by atoms with Gasteiger partial charge in [-0.25, -0.2) is 0 Å². The SMILES string of the molecule is Cc1cc(C(F)(F)F)ccc1C(=O)CC1CCNCC1. The number of Topliss-reactive ketones (excluding diaryl/α,β-unsaturated/α-hetero) is 1. The van der Waals surface area contributed by atoms with E-state index in [2.05, 4.69) is 5.32 Å². The number of aryl methyl sites for hydroxylation is 1. The van der Waals surface area contributed by atoms with Gasteiger partial charge in [-0.2, -0.15) is 13.2 Å². The van der Waals surface area contributed by atoms with Crippen LogP contribution in [-0.2, 0) is 6.18 Å². The summed E-state index contributed by atoms with van der Waals surface area (Å²) in [6, 6.07) is 3.35. The molecule has 1 N–H and O–H groups in total. The van der Waals surface area contributed by atoms with Gasteiger partial charge >= 0.3 is 6.18 Å². The third-order valence-electron chi connectivity index (χ3n) is 3.79. The Morgan fingerprint density at radius 1 is 1.30 bits per heavy atom. The summed E-state index contributed by atoms with van der Waals surface area (Å²) in [5, 5.41) is 3.23. The molecule has 110 valence electrons. The highest BCUT2D eigenvalue weighted by molar-refractivity contribution is 5.97. The van der Waals surface area contributed by atoms with Crippen LogP contribution in [0.25, 0.3) is 0 Å². The first kappa shape index (κ1) is 15.0. The fourth-order valence-corrected chi connectivity index (χ4v) is 2.61. The molecular weight excluding hydrogens is 267 g/mol. The minimum atomic E-state index is -4.36. The van der Waals surface area contributed by atoms with Crippen LogP contribution >= 0.6 is 0 Å². The summed E-state index contributed by atoms with van der Waals surface area (Å²) in [5.74, 6) is 0.286. The average molecular weight is 285 g/mol. The minimum Gasteiger partial charge on any atom is -0.317 e. The summed E-state index contributed by atoms with van der Waals surface area (Å²) in [4.78, 5) is 12.2. The van der Waals surface area contributed by atoms with Crippen molar-refractivity contribution >= 4 is 5.78 Å². The van der Waals surface area contributed by atoms with E-state index in [0.717, 1.165) is 38.1 Å². The Morgan fingerprint density at radius 2 is 1.95 bits per heavy atom. The van der Waals surface area contributed by atoms with Crippen molar-refractivity contribution in [1.29, 1.82) is 0 Å². The molecule has 1 aromatic rings. The molecule has 1 heterocycles.